The molecule has 0 radical (unpaired) electrons. The number of nitrogens with one attached hydrogen (secondary N) is 1. The number of nitriles is 1. The van der Waals surface area contributed by atoms with Crippen molar-refractivity contribution in [2.75, 3.05) is 33.3 Å². The van der Waals surface area contributed by atoms with E-state index in [-0.39, 0.29) is 35.4 Å². The molecule has 3 heterocycles. The van der Waals surface area contributed by atoms with Crippen molar-refractivity contribution >= 4 is 17.6 Å². The Balaban J connectivity index is 1.09. The summed E-state index contributed by atoms with van der Waals surface area (Å²) in [5, 5.41) is 11.7. The quantitative estimate of drug-likeness (QED) is 0.398. The van der Waals surface area contributed by atoms with Gasteiger partial charge < -0.3 is 15.0 Å². The lowest BCUT2D eigenvalue weighted by Crippen LogP contribution is -2.52. The minimum atomic E-state index is -1.23. The maximum Gasteiger partial charge on any atom is 0.272 e. The zero-order valence-corrected chi connectivity index (χ0v) is 24.0. The van der Waals surface area contributed by atoms with E-state index in [9.17, 15) is 18.8 Å². The second-order valence-electron chi connectivity index (χ2n) is 11.0. The van der Waals surface area contributed by atoms with Crippen LogP contribution < -0.4 is 10.1 Å². The fourth-order valence-corrected chi connectivity index (χ4v) is 5.62. The van der Waals surface area contributed by atoms with E-state index in [1.165, 1.54) is 18.3 Å². The summed E-state index contributed by atoms with van der Waals surface area (Å²) in [6.45, 7) is 2.27. The van der Waals surface area contributed by atoms with E-state index >= 15 is 0 Å². The number of pyridine rings is 1. The van der Waals surface area contributed by atoms with Gasteiger partial charge in [0.25, 0.3) is 11.8 Å². The Hall–Kier alpha value is -4.62. The molecule has 222 valence electrons. The average molecular weight is 584 g/mol. The van der Waals surface area contributed by atoms with Gasteiger partial charge >= 0.3 is 0 Å². The number of piperidine rings is 2. The molecule has 0 spiro atoms. The lowest BCUT2D eigenvalue weighted by Gasteiger charge is -2.35. The van der Waals surface area contributed by atoms with Crippen LogP contribution >= 0.6 is 0 Å². The number of likely N-dealkylation sites (tertiary alicyclic amines) is 2. The van der Waals surface area contributed by atoms with E-state index in [0.717, 1.165) is 5.56 Å². The number of aromatic nitrogens is 1. The van der Waals surface area contributed by atoms with Gasteiger partial charge in [-0.3, -0.25) is 24.3 Å². The monoisotopic (exact) mass is 583 g/mol. The first-order valence-corrected chi connectivity index (χ1v) is 14.4. The molecule has 5 rings (SSSR count). The van der Waals surface area contributed by atoms with Crippen molar-refractivity contribution in [3.05, 3.63) is 94.8 Å². The molecule has 43 heavy (non-hydrogen) atoms. The summed E-state index contributed by atoms with van der Waals surface area (Å²) in [6, 6.07) is 18.8. The summed E-state index contributed by atoms with van der Waals surface area (Å²) in [7, 11) is 1.58. The maximum absolute atomic E-state index is 15.0. The van der Waals surface area contributed by atoms with Gasteiger partial charge in [-0.25, -0.2) is 4.39 Å². The van der Waals surface area contributed by atoms with Crippen LogP contribution in [0.5, 0.6) is 5.75 Å². The number of methoxy groups -OCH3 is 1. The minimum Gasteiger partial charge on any atom is -0.497 e. The van der Waals surface area contributed by atoms with Gasteiger partial charge in [-0.2, -0.15) is 5.26 Å². The molecule has 1 N–H and O–H groups in total. The Morgan fingerprint density at radius 3 is 2.28 bits per heavy atom. The molecule has 2 unspecified atom stereocenters. The predicted molar refractivity (Wildman–Crippen MR) is 157 cm³/mol. The number of rotatable bonds is 8. The second-order valence-corrected chi connectivity index (χ2v) is 11.0. The number of amides is 2. The molecule has 0 saturated carbocycles. The topological polar surface area (TPSA) is 116 Å². The highest BCUT2D eigenvalue weighted by molar-refractivity contribution is 5.99. The average Bonchev–Trinajstić information content (AvgIpc) is 3.06. The van der Waals surface area contributed by atoms with Crippen LogP contribution in [0.1, 0.15) is 61.6 Å². The first kappa shape index (κ1) is 29.9. The summed E-state index contributed by atoms with van der Waals surface area (Å²) >= 11 is 0. The summed E-state index contributed by atoms with van der Waals surface area (Å²) in [5.41, 5.74) is 2.69. The molecular formula is C33H34FN5O4. The van der Waals surface area contributed by atoms with Crippen molar-refractivity contribution in [3.63, 3.8) is 0 Å². The van der Waals surface area contributed by atoms with Crippen molar-refractivity contribution in [3.8, 4) is 11.8 Å². The number of carbonyl (C=O) groups excluding carboxylic acids is 3. The van der Waals surface area contributed by atoms with Crippen LogP contribution in [0.15, 0.2) is 66.9 Å². The number of benzene rings is 2. The summed E-state index contributed by atoms with van der Waals surface area (Å²) in [6.07, 6.45) is 1.70. The molecule has 2 atom stereocenters. The molecule has 9 nitrogen and oxygen atoms in total. The molecule has 0 aliphatic carbocycles. The molecule has 3 aromatic rings. The van der Waals surface area contributed by atoms with Gasteiger partial charge in [0.15, 0.2) is 5.78 Å². The van der Waals surface area contributed by atoms with E-state index in [2.05, 4.69) is 16.4 Å². The molecule has 2 aliphatic rings. The summed E-state index contributed by atoms with van der Waals surface area (Å²) < 4.78 is 20.1. The van der Waals surface area contributed by atoms with Gasteiger partial charge in [-0.1, -0.05) is 12.1 Å². The highest BCUT2D eigenvalue weighted by atomic mass is 19.1. The number of Topliss-reactive ketones (excluding diaryl/α,β-unsaturated/α-hetero) is 1. The number of hydrogen-bond acceptors (Lipinski definition) is 7. The number of hydrogen-bond donors (Lipinski definition) is 1. The molecule has 1 aromatic heterocycles. The third-order valence-corrected chi connectivity index (χ3v) is 8.20. The molecule has 2 aliphatic heterocycles. The van der Waals surface area contributed by atoms with Crippen molar-refractivity contribution in [2.45, 2.75) is 38.0 Å². The molecule has 2 aromatic carbocycles. The molecule has 2 amide bonds. The smallest absolute Gasteiger partial charge is 0.272 e. The van der Waals surface area contributed by atoms with Crippen LogP contribution in [0.25, 0.3) is 0 Å². The number of ketones is 1. The number of carbonyl (C=O) groups is 3. The van der Waals surface area contributed by atoms with Crippen LogP contribution in [0.2, 0.25) is 0 Å². The van der Waals surface area contributed by atoms with Gasteiger partial charge in [0, 0.05) is 50.4 Å². The van der Waals surface area contributed by atoms with E-state index in [1.807, 2.05) is 17.0 Å². The fraction of sp³-hybridized carbons (Fsp3) is 0.364. The SMILES string of the molecule is COc1ccc(C(=O)C2CCN(C(=O)c3ccc(C(=O)NC4CCN(Cc5ccc(C#N)cc5)CC4F)cn3)CC2)cc1. The van der Waals surface area contributed by atoms with Crippen LogP contribution in [-0.2, 0) is 6.54 Å². The second kappa shape index (κ2) is 13.6. The molecule has 2 saturated heterocycles. The Kier molecular flexibility index (Phi) is 9.42. The first-order chi connectivity index (χ1) is 20.8. The van der Waals surface area contributed by atoms with Gasteiger partial charge in [-0.05, 0) is 73.4 Å². The van der Waals surface area contributed by atoms with Crippen LogP contribution in [-0.4, -0.2) is 77.9 Å². The van der Waals surface area contributed by atoms with E-state index in [0.29, 0.717) is 62.3 Å². The molecule has 10 heteroatoms. The number of nitrogens with zero attached hydrogens (tertiary/aromatic N) is 4. The minimum absolute atomic E-state index is 0.0655. The van der Waals surface area contributed by atoms with Crippen LogP contribution in [0.3, 0.4) is 0 Å². The number of ether oxygens (including phenoxy) is 1. The van der Waals surface area contributed by atoms with Crippen molar-refractivity contribution in [2.24, 2.45) is 5.92 Å². The highest BCUT2D eigenvalue weighted by Gasteiger charge is 2.31. The largest absolute Gasteiger partial charge is 0.497 e. The standard InChI is InChI=1S/C33H34FN5O4/c1-43-27-9-6-24(7-10-27)31(40)25-12-16-39(17-13-25)33(42)30-11-8-26(19-36-30)32(41)37-29-14-15-38(21-28(29)34)20-23-4-2-22(18-35)3-5-23/h2-11,19,25,28-29H,12-17,20-21H2,1H3,(H,37,41). The molecule has 0 bridgehead atoms. The Morgan fingerprint density at radius 2 is 1.67 bits per heavy atom. The van der Waals surface area contributed by atoms with Crippen LogP contribution in [0, 0.1) is 17.2 Å². The zero-order chi connectivity index (χ0) is 30.3. The Labute approximate surface area is 250 Å². The first-order valence-electron chi connectivity index (χ1n) is 14.4. The van der Waals surface area contributed by atoms with Crippen molar-refractivity contribution < 1.29 is 23.5 Å². The Bertz CT molecular complexity index is 1480. The number of alkyl halides is 1. The lowest BCUT2D eigenvalue weighted by molar-refractivity contribution is 0.0645. The third-order valence-electron chi connectivity index (χ3n) is 8.20. The van der Waals surface area contributed by atoms with E-state index < -0.39 is 18.1 Å². The maximum atomic E-state index is 15.0. The van der Waals surface area contributed by atoms with Gasteiger partial charge in [0.2, 0.25) is 0 Å². The van der Waals surface area contributed by atoms with E-state index in [4.69, 9.17) is 10.00 Å². The Morgan fingerprint density at radius 1 is 0.977 bits per heavy atom. The summed E-state index contributed by atoms with van der Waals surface area (Å²) in [4.78, 5) is 46.7. The molecule has 2 fully saturated rings. The van der Waals surface area contributed by atoms with Gasteiger partial charge in [0.1, 0.15) is 17.6 Å². The summed E-state index contributed by atoms with van der Waals surface area (Å²) in [5.74, 6) is -0.0788. The third kappa shape index (κ3) is 7.24. The van der Waals surface area contributed by atoms with Gasteiger partial charge in [0.05, 0.1) is 30.3 Å². The fourth-order valence-electron chi connectivity index (χ4n) is 5.62. The van der Waals surface area contributed by atoms with E-state index in [1.54, 1.807) is 48.4 Å². The highest BCUT2D eigenvalue weighted by Crippen LogP contribution is 2.24. The van der Waals surface area contributed by atoms with Crippen molar-refractivity contribution in [1.29, 1.82) is 5.26 Å². The van der Waals surface area contributed by atoms with Crippen molar-refractivity contribution in [1.82, 2.24) is 20.1 Å². The van der Waals surface area contributed by atoms with Crippen LogP contribution in [0.4, 0.5) is 4.39 Å². The van der Waals surface area contributed by atoms with Gasteiger partial charge in [-0.15, -0.1) is 0 Å². The predicted octanol–water partition coefficient (Wildman–Crippen LogP) is 4.04. The molecular weight excluding hydrogens is 549 g/mol. The zero-order valence-electron chi connectivity index (χ0n) is 24.0. The normalized spacial score (nSPS) is 19.3. The lowest BCUT2D eigenvalue weighted by atomic mass is 9.88. The number of halogens is 1.